The Morgan fingerprint density at radius 1 is 1.07 bits per heavy atom. The minimum absolute atomic E-state index is 0.0527. The summed E-state index contributed by atoms with van der Waals surface area (Å²) in [5.41, 5.74) is 1.22. The average Bonchev–Trinajstić information content (AvgIpc) is 3.20. The summed E-state index contributed by atoms with van der Waals surface area (Å²) in [7, 11) is 0. The van der Waals surface area contributed by atoms with Gasteiger partial charge < -0.3 is 15.6 Å². The molecule has 0 unspecified atom stereocenters. The number of aromatic amines is 1. The third kappa shape index (κ3) is 4.25. The molecule has 2 amide bonds. The summed E-state index contributed by atoms with van der Waals surface area (Å²) in [5.74, 6) is -0.707. The highest BCUT2D eigenvalue weighted by Gasteiger charge is 2.14. The second kappa shape index (κ2) is 8.39. The topological polar surface area (TPSA) is 122 Å². The maximum absolute atomic E-state index is 12.5. The number of anilines is 1. The standard InChI is InChI=1S/C21H18N6O3/c28-19(25-18-7-10-27(26-18)13-14-5-8-22-9-6-14)12-24-21(30)16-11-23-17-4-2-1-3-15(17)20(16)29/h1-11H,12-13H2,(H,23,29)(H,24,30)(H,25,26,28). The van der Waals surface area contributed by atoms with Gasteiger partial charge in [-0.2, -0.15) is 5.10 Å². The van der Waals surface area contributed by atoms with Crippen molar-refractivity contribution in [3.63, 3.8) is 0 Å². The normalized spacial score (nSPS) is 10.7. The monoisotopic (exact) mass is 402 g/mol. The van der Waals surface area contributed by atoms with Crippen molar-refractivity contribution in [3.8, 4) is 0 Å². The van der Waals surface area contributed by atoms with Gasteiger partial charge in [-0.15, -0.1) is 0 Å². The number of rotatable bonds is 6. The fourth-order valence-corrected chi connectivity index (χ4v) is 2.97. The van der Waals surface area contributed by atoms with E-state index in [1.165, 1.54) is 6.20 Å². The first-order valence-electron chi connectivity index (χ1n) is 9.21. The van der Waals surface area contributed by atoms with Crippen LogP contribution in [-0.2, 0) is 11.3 Å². The number of carbonyl (C=O) groups is 2. The molecule has 0 atom stereocenters. The molecule has 0 spiro atoms. The number of pyridine rings is 2. The largest absolute Gasteiger partial charge is 0.360 e. The van der Waals surface area contributed by atoms with Gasteiger partial charge in [0.15, 0.2) is 5.82 Å². The van der Waals surface area contributed by atoms with Crippen molar-refractivity contribution in [2.75, 3.05) is 11.9 Å². The van der Waals surface area contributed by atoms with Gasteiger partial charge in [0.2, 0.25) is 11.3 Å². The number of fused-ring (bicyclic) bond motifs is 1. The van der Waals surface area contributed by atoms with E-state index in [2.05, 4.69) is 25.7 Å². The predicted molar refractivity (Wildman–Crippen MR) is 111 cm³/mol. The molecule has 0 saturated carbocycles. The molecule has 3 aromatic heterocycles. The Bertz CT molecular complexity index is 1260. The number of amides is 2. The van der Waals surface area contributed by atoms with Gasteiger partial charge in [0, 0.05) is 41.8 Å². The van der Waals surface area contributed by atoms with Crippen molar-refractivity contribution in [1.29, 1.82) is 0 Å². The lowest BCUT2D eigenvalue weighted by atomic mass is 10.1. The summed E-state index contributed by atoms with van der Waals surface area (Å²) < 4.78 is 1.68. The minimum atomic E-state index is -0.625. The lowest BCUT2D eigenvalue weighted by Crippen LogP contribution is -2.35. The zero-order valence-electron chi connectivity index (χ0n) is 15.8. The first-order valence-corrected chi connectivity index (χ1v) is 9.21. The van der Waals surface area contributed by atoms with E-state index >= 15 is 0 Å². The molecule has 1 aromatic carbocycles. The van der Waals surface area contributed by atoms with Gasteiger partial charge >= 0.3 is 0 Å². The molecular weight excluding hydrogens is 384 g/mol. The van der Waals surface area contributed by atoms with Crippen molar-refractivity contribution >= 4 is 28.5 Å². The van der Waals surface area contributed by atoms with Crippen LogP contribution in [0.2, 0.25) is 0 Å². The summed E-state index contributed by atoms with van der Waals surface area (Å²) >= 11 is 0. The molecule has 0 aliphatic heterocycles. The number of aromatic nitrogens is 4. The Kier molecular flexibility index (Phi) is 5.33. The van der Waals surface area contributed by atoms with Crippen molar-refractivity contribution in [3.05, 3.63) is 88.6 Å². The highest BCUT2D eigenvalue weighted by molar-refractivity contribution is 6.00. The molecule has 0 saturated heterocycles. The summed E-state index contributed by atoms with van der Waals surface area (Å²) in [6, 6.07) is 12.3. The Morgan fingerprint density at radius 2 is 1.87 bits per heavy atom. The van der Waals surface area contributed by atoms with Gasteiger partial charge in [-0.05, 0) is 29.8 Å². The molecule has 0 radical (unpaired) electrons. The Hall–Kier alpha value is -4.27. The lowest BCUT2D eigenvalue weighted by molar-refractivity contribution is -0.115. The maximum Gasteiger partial charge on any atom is 0.257 e. The molecule has 0 aliphatic rings. The zero-order valence-corrected chi connectivity index (χ0v) is 15.8. The molecule has 30 heavy (non-hydrogen) atoms. The molecule has 3 heterocycles. The Morgan fingerprint density at radius 3 is 2.70 bits per heavy atom. The zero-order chi connectivity index (χ0) is 20.9. The maximum atomic E-state index is 12.5. The number of nitrogens with zero attached hydrogens (tertiary/aromatic N) is 3. The Labute approximate surface area is 170 Å². The number of carbonyl (C=O) groups excluding carboxylic acids is 2. The van der Waals surface area contributed by atoms with Gasteiger partial charge in [0.05, 0.1) is 13.1 Å². The molecular formula is C21H18N6O3. The average molecular weight is 402 g/mol. The van der Waals surface area contributed by atoms with E-state index in [1.54, 1.807) is 53.6 Å². The van der Waals surface area contributed by atoms with Crippen LogP contribution in [-0.4, -0.2) is 38.1 Å². The van der Waals surface area contributed by atoms with Crippen molar-refractivity contribution in [1.82, 2.24) is 25.1 Å². The lowest BCUT2D eigenvalue weighted by Gasteiger charge is -2.06. The van der Waals surface area contributed by atoms with Gasteiger partial charge in [-0.25, -0.2) is 0 Å². The van der Waals surface area contributed by atoms with Crippen LogP contribution >= 0.6 is 0 Å². The van der Waals surface area contributed by atoms with Crippen molar-refractivity contribution < 1.29 is 9.59 Å². The predicted octanol–water partition coefficient (Wildman–Crippen LogP) is 1.54. The number of para-hydroxylation sites is 1. The van der Waals surface area contributed by atoms with E-state index in [0.717, 1.165) is 5.56 Å². The van der Waals surface area contributed by atoms with Gasteiger partial charge in [-0.1, -0.05) is 12.1 Å². The van der Waals surface area contributed by atoms with Crippen LogP contribution in [0.4, 0.5) is 5.82 Å². The fourth-order valence-electron chi connectivity index (χ4n) is 2.97. The number of hydrogen-bond donors (Lipinski definition) is 3. The van der Waals surface area contributed by atoms with Crippen LogP contribution in [0.25, 0.3) is 10.9 Å². The van der Waals surface area contributed by atoms with E-state index in [4.69, 9.17) is 0 Å². The van der Waals surface area contributed by atoms with Crippen LogP contribution in [0.1, 0.15) is 15.9 Å². The minimum Gasteiger partial charge on any atom is -0.360 e. The molecule has 0 aliphatic carbocycles. The number of benzene rings is 1. The first-order chi connectivity index (χ1) is 14.6. The smallest absolute Gasteiger partial charge is 0.257 e. The van der Waals surface area contributed by atoms with Crippen LogP contribution < -0.4 is 16.1 Å². The summed E-state index contributed by atoms with van der Waals surface area (Å²) in [5, 5.41) is 9.76. The van der Waals surface area contributed by atoms with Crippen LogP contribution in [0.3, 0.4) is 0 Å². The number of hydrogen-bond acceptors (Lipinski definition) is 5. The Balaban J connectivity index is 1.34. The van der Waals surface area contributed by atoms with Gasteiger partial charge in [0.25, 0.3) is 5.91 Å². The molecule has 9 heteroatoms. The van der Waals surface area contributed by atoms with Gasteiger partial charge in [-0.3, -0.25) is 24.0 Å². The second-order valence-corrected chi connectivity index (χ2v) is 6.56. The van der Waals surface area contributed by atoms with Crippen molar-refractivity contribution in [2.45, 2.75) is 6.54 Å². The molecule has 150 valence electrons. The molecule has 0 fully saturated rings. The van der Waals surface area contributed by atoms with Crippen LogP contribution in [0.5, 0.6) is 0 Å². The fraction of sp³-hybridized carbons (Fsp3) is 0.0952. The number of nitrogens with one attached hydrogen (secondary N) is 3. The highest BCUT2D eigenvalue weighted by atomic mass is 16.2. The van der Waals surface area contributed by atoms with E-state index in [9.17, 15) is 14.4 Å². The van der Waals surface area contributed by atoms with E-state index in [1.807, 2.05) is 12.1 Å². The van der Waals surface area contributed by atoms with Crippen LogP contribution in [0.15, 0.2) is 72.0 Å². The second-order valence-electron chi connectivity index (χ2n) is 6.56. The highest BCUT2D eigenvalue weighted by Crippen LogP contribution is 2.07. The summed E-state index contributed by atoms with van der Waals surface area (Å²) in [6.45, 7) is 0.252. The third-order valence-corrected chi connectivity index (χ3v) is 4.44. The van der Waals surface area contributed by atoms with E-state index in [0.29, 0.717) is 23.3 Å². The molecule has 0 bridgehead atoms. The van der Waals surface area contributed by atoms with Crippen LogP contribution in [0, 0.1) is 0 Å². The molecule has 9 nitrogen and oxygen atoms in total. The SMILES string of the molecule is O=C(CNC(=O)c1c[nH]c2ccccc2c1=O)Nc1ccn(Cc2ccncc2)n1. The molecule has 4 rings (SSSR count). The summed E-state index contributed by atoms with van der Waals surface area (Å²) in [6.07, 6.45) is 6.48. The first kappa shape index (κ1) is 19.1. The van der Waals surface area contributed by atoms with Gasteiger partial charge in [0.1, 0.15) is 5.56 Å². The number of H-pyrrole nitrogens is 1. The third-order valence-electron chi connectivity index (χ3n) is 4.44. The van der Waals surface area contributed by atoms with E-state index < -0.39 is 17.2 Å². The summed E-state index contributed by atoms with van der Waals surface area (Å²) in [4.78, 5) is 43.8. The quantitative estimate of drug-likeness (QED) is 0.452. The molecule has 3 N–H and O–H groups in total. The van der Waals surface area contributed by atoms with Crippen molar-refractivity contribution in [2.24, 2.45) is 0 Å². The van der Waals surface area contributed by atoms with E-state index in [-0.39, 0.29) is 12.1 Å². The molecule has 4 aromatic rings.